The molecule has 0 aliphatic carbocycles. The minimum atomic E-state index is -0.142. The third-order valence-corrected chi connectivity index (χ3v) is 2.82. The van der Waals surface area contributed by atoms with Crippen LogP contribution in [0, 0.1) is 0 Å². The van der Waals surface area contributed by atoms with Gasteiger partial charge in [-0.15, -0.1) is 0 Å². The third kappa shape index (κ3) is 5.29. The molecule has 0 atom stereocenters. The summed E-state index contributed by atoms with van der Waals surface area (Å²) in [7, 11) is 0. The summed E-state index contributed by atoms with van der Waals surface area (Å²) < 4.78 is 0. The highest BCUT2D eigenvalue weighted by atomic mass is 35.5. The zero-order valence-electron chi connectivity index (χ0n) is 9.72. The first kappa shape index (κ1) is 14.1. The Balaban J connectivity index is 2.33. The van der Waals surface area contributed by atoms with Crippen molar-refractivity contribution in [3.8, 4) is 0 Å². The van der Waals surface area contributed by atoms with E-state index in [2.05, 4.69) is 10.6 Å². The van der Waals surface area contributed by atoms with Crippen molar-refractivity contribution in [3.63, 3.8) is 0 Å². The molecular formula is C12H16Cl2N2O. The van der Waals surface area contributed by atoms with E-state index >= 15 is 0 Å². The van der Waals surface area contributed by atoms with Crippen molar-refractivity contribution in [2.24, 2.45) is 0 Å². The second-order valence-electron chi connectivity index (χ2n) is 3.67. The van der Waals surface area contributed by atoms with Crippen LogP contribution in [0.4, 0.5) is 4.79 Å². The van der Waals surface area contributed by atoms with Crippen molar-refractivity contribution in [2.45, 2.75) is 19.8 Å². The lowest BCUT2D eigenvalue weighted by Crippen LogP contribution is -2.36. The number of hydrogen-bond acceptors (Lipinski definition) is 1. The second kappa shape index (κ2) is 7.41. The fourth-order valence-electron chi connectivity index (χ4n) is 1.34. The molecule has 0 fully saturated rings. The Labute approximate surface area is 111 Å². The number of nitrogens with one attached hydrogen (secondary N) is 2. The maximum atomic E-state index is 11.3. The third-order valence-electron chi connectivity index (χ3n) is 2.23. The Morgan fingerprint density at radius 2 is 1.94 bits per heavy atom. The van der Waals surface area contributed by atoms with Gasteiger partial charge in [0, 0.05) is 23.1 Å². The van der Waals surface area contributed by atoms with Gasteiger partial charge in [-0.2, -0.15) is 0 Å². The summed E-state index contributed by atoms with van der Waals surface area (Å²) in [5.74, 6) is 0. The SMILES string of the molecule is CCCNC(=O)NCCc1ccc(Cl)cc1Cl. The molecule has 2 N–H and O–H groups in total. The Bertz CT molecular complexity index is 383. The number of hydrogen-bond donors (Lipinski definition) is 2. The largest absolute Gasteiger partial charge is 0.338 e. The van der Waals surface area contributed by atoms with Crippen molar-refractivity contribution in [3.05, 3.63) is 33.8 Å². The van der Waals surface area contributed by atoms with Crippen LogP contribution in [0.1, 0.15) is 18.9 Å². The van der Waals surface area contributed by atoms with E-state index in [0.29, 0.717) is 29.6 Å². The van der Waals surface area contributed by atoms with Gasteiger partial charge in [-0.05, 0) is 30.5 Å². The summed E-state index contributed by atoms with van der Waals surface area (Å²) >= 11 is 11.8. The Kier molecular flexibility index (Phi) is 6.16. The van der Waals surface area contributed by atoms with Gasteiger partial charge in [0.15, 0.2) is 0 Å². The summed E-state index contributed by atoms with van der Waals surface area (Å²) in [5, 5.41) is 6.75. The summed E-state index contributed by atoms with van der Waals surface area (Å²) in [4.78, 5) is 11.3. The maximum Gasteiger partial charge on any atom is 0.314 e. The van der Waals surface area contributed by atoms with Crippen LogP contribution in [0.3, 0.4) is 0 Å². The van der Waals surface area contributed by atoms with E-state index in [-0.39, 0.29) is 6.03 Å². The van der Waals surface area contributed by atoms with Gasteiger partial charge in [-0.25, -0.2) is 4.79 Å². The standard InChI is InChI=1S/C12H16Cl2N2O/c1-2-6-15-12(17)16-7-5-9-3-4-10(13)8-11(9)14/h3-4,8H,2,5-7H2,1H3,(H2,15,16,17). The zero-order chi connectivity index (χ0) is 12.7. The molecule has 1 aromatic carbocycles. The van der Waals surface area contributed by atoms with E-state index in [1.165, 1.54) is 0 Å². The average molecular weight is 275 g/mol. The molecular weight excluding hydrogens is 259 g/mol. The van der Waals surface area contributed by atoms with Gasteiger partial charge in [-0.1, -0.05) is 36.2 Å². The summed E-state index contributed by atoms with van der Waals surface area (Å²) in [6, 6.07) is 5.23. The number of rotatable bonds is 5. The summed E-state index contributed by atoms with van der Waals surface area (Å²) in [6.07, 6.45) is 1.62. The van der Waals surface area contributed by atoms with Gasteiger partial charge < -0.3 is 10.6 Å². The predicted molar refractivity (Wildman–Crippen MR) is 71.9 cm³/mol. The topological polar surface area (TPSA) is 41.1 Å². The highest BCUT2D eigenvalue weighted by molar-refractivity contribution is 6.35. The van der Waals surface area contributed by atoms with Crippen LogP contribution in [0.15, 0.2) is 18.2 Å². The number of carbonyl (C=O) groups is 1. The van der Waals surface area contributed by atoms with E-state index in [9.17, 15) is 4.79 Å². The van der Waals surface area contributed by atoms with Crippen molar-refractivity contribution >= 4 is 29.2 Å². The zero-order valence-corrected chi connectivity index (χ0v) is 11.2. The maximum absolute atomic E-state index is 11.3. The Hall–Kier alpha value is -0.930. The average Bonchev–Trinajstić information content (AvgIpc) is 2.29. The molecule has 0 saturated carbocycles. The molecule has 0 radical (unpaired) electrons. The lowest BCUT2D eigenvalue weighted by atomic mass is 10.1. The van der Waals surface area contributed by atoms with Crippen LogP contribution in [-0.2, 0) is 6.42 Å². The van der Waals surface area contributed by atoms with E-state index in [1.54, 1.807) is 12.1 Å². The number of urea groups is 1. The molecule has 17 heavy (non-hydrogen) atoms. The molecule has 5 heteroatoms. The fourth-order valence-corrected chi connectivity index (χ4v) is 1.84. The van der Waals surface area contributed by atoms with Crippen LogP contribution in [-0.4, -0.2) is 19.1 Å². The lowest BCUT2D eigenvalue weighted by molar-refractivity contribution is 0.241. The molecule has 0 aliphatic rings. The highest BCUT2D eigenvalue weighted by Gasteiger charge is 2.02. The predicted octanol–water partition coefficient (Wildman–Crippen LogP) is 3.25. The first-order valence-corrected chi connectivity index (χ1v) is 6.34. The number of halogens is 2. The molecule has 0 heterocycles. The molecule has 1 rings (SSSR count). The fraction of sp³-hybridized carbons (Fsp3) is 0.417. The molecule has 0 bridgehead atoms. The van der Waals surface area contributed by atoms with Crippen molar-refractivity contribution < 1.29 is 4.79 Å². The van der Waals surface area contributed by atoms with Crippen LogP contribution in [0.5, 0.6) is 0 Å². The molecule has 0 spiro atoms. The monoisotopic (exact) mass is 274 g/mol. The summed E-state index contributed by atoms with van der Waals surface area (Å²) in [5.41, 5.74) is 0.979. The van der Waals surface area contributed by atoms with Crippen LogP contribution >= 0.6 is 23.2 Å². The Morgan fingerprint density at radius 3 is 2.59 bits per heavy atom. The number of benzene rings is 1. The summed E-state index contributed by atoms with van der Waals surface area (Å²) in [6.45, 7) is 3.25. The van der Waals surface area contributed by atoms with E-state index in [1.807, 2.05) is 13.0 Å². The van der Waals surface area contributed by atoms with Crippen molar-refractivity contribution in [2.75, 3.05) is 13.1 Å². The normalized spacial score (nSPS) is 10.1. The number of carbonyl (C=O) groups excluding carboxylic acids is 1. The molecule has 0 saturated heterocycles. The first-order valence-electron chi connectivity index (χ1n) is 5.59. The van der Waals surface area contributed by atoms with Gasteiger partial charge >= 0.3 is 6.03 Å². The second-order valence-corrected chi connectivity index (χ2v) is 4.51. The molecule has 1 aromatic rings. The van der Waals surface area contributed by atoms with Crippen molar-refractivity contribution in [1.29, 1.82) is 0 Å². The van der Waals surface area contributed by atoms with Gasteiger partial charge in [-0.3, -0.25) is 0 Å². The smallest absolute Gasteiger partial charge is 0.314 e. The molecule has 0 unspecified atom stereocenters. The first-order chi connectivity index (χ1) is 8.13. The molecule has 94 valence electrons. The highest BCUT2D eigenvalue weighted by Crippen LogP contribution is 2.20. The van der Waals surface area contributed by atoms with Gasteiger partial charge in [0.25, 0.3) is 0 Å². The minimum Gasteiger partial charge on any atom is -0.338 e. The van der Waals surface area contributed by atoms with Crippen LogP contribution in [0.2, 0.25) is 10.0 Å². The van der Waals surface area contributed by atoms with E-state index in [4.69, 9.17) is 23.2 Å². The lowest BCUT2D eigenvalue weighted by Gasteiger charge is -2.07. The molecule has 0 aliphatic heterocycles. The van der Waals surface area contributed by atoms with E-state index in [0.717, 1.165) is 12.0 Å². The quantitative estimate of drug-likeness (QED) is 0.851. The van der Waals surface area contributed by atoms with E-state index < -0.39 is 0 Å². The minimum absolute atomic E-state index is 0.142. The molecule has 0 aromatic heterocycles. The van der Waals surface area contributed by atoms with Crippen LogP contribution in [0.25, 0.3) is 0 Å². The van der Waals surface area contributed by atoms with Crippen molar-refractivity contribution in [1.82, 2.24) is 10.6 Å². The van der Waals surface area contributed by atoms with Gasteiger partial charge in [0.05, 0.1) is 0 Å². The number of amides is 2. The van der Waals surface area contributed by atoms with Crippen LogP contribution < -0.4 is 10.6 Å². The molecule has 3 nitrogen and oxygen atoms in total. The van der Waals surface area contributed by atoms with Gasteiger partial charge in [0.1, 0.15) is 0 Å². The Morgan fingerprint density at radius 1 is 1.24 bits per heavy atom. The molecule has 2 amide bonds. The van der Waals surface area contributed by atoms with Gasteiger partial charge in [0.2, 0.25) is 0 Å².